The number of aromatic nitrogens is 1. The molecular weight excluding hydrogens is 468 g/mol. The number of imide groups is 1. The van der Waals surface area contributed by atoms with Crippen LogP contribution in [0.3, 0.4) is 0 Å². The first kappa shape index (κ1) is 20.3. The number of aromatic amines is 1. The van der Waals surface area contributed by atoms with E-state index in [1.807, 2.05) is 72.8 Å². The van der Waals surface area contributed by atoms with Crippen LogP contribution in [-0.4, -0.2) is 28.7 Å². The Bertz CT molecular complexity index is 1390. The van der Waals surface area contributed by atoms with Crippen molar-refractivity contribution < 1.29 is 14.3 Å². The van der Waals surface area contributed by atoms with Gasteiger partial charge < -0.3 is 9.72 Å². The van der Waals surface area contributed by atoms with Gasteiger partial charge in [0.2, 0.25) is 0 Å². The topological polar surface area (TPSA) is 62.4 Å². The minimum absolute atomic E-state index is 0.317. The Morgan fingerprint density at radius 1 is 0.875 bits per heavy atom. The molecule has 1 N–H and O–H groups in total. The van der Waals surface area contributed by atoms with E-state index < -0.39 is 0 Å². The van der Waals surface area contributed by atoms with Crippen molar-refractivity contribution in [2.45, 2.75) is 6.61 Å². The molecule has 2 amide bonds. The lowest BCUT2D eigenvalue weighted by atomic mass is 9.96. The first-order chi connectivity index (χ1) is 15.5. The molecule has 0 saturated heterocycles. The highest BCUT2D eigenvalue weighted by molar-refractivity contribution is 9.10. The van der Waals surface area contributed by atoms with Crippen molar-refractivity contribution in [2.24, 2.45) is 0 Å². The quantitative estimate of drug-likeness (QED) is 0.383. The zero-order valence-electron chi connectivity index (χ0n) is 17.3. The second-order valence-electron chi connectivity index (χ2n) is 7.58. The maximum absolute atomic E-state index is 13.1. The van der Waals surface area contributed by atoms with Crippen molar-refractivity contribution in [3.63, 3.8) is 0 Å². The maximum atomic E-state index is 13.1. The molecule has 0 spiro atoms. The molecule has 0 aliphatic carbocycles. The van der Waals surface area contributed by atoms with Crippen LogP contribution in [0.4, 0.5) is 0 Å². The fourth-order valence-corrected chi connectivity index (χ4v) is 4.43. The SMILES string of the molecule is CN1C(=O)C(c2ccccc2Br)=C(c2c[nH]c3ccc(OCc4ccccc4)cc23)C1=O. The van der Waals surface area contributed by atoms with Gasteiger partial charge in [-0.25, -0.2) is 0 Å². The summed E-state index contributed by atoms with van der Waals surface area (Å²) < 4.78 is 6.75. The molecule has 158 valence electrons. The van der Waals surface area contributed by atoms with E-state index >= 15 is 0 Å². The van der Waals surface area contributed by atoms with Crippen LogP contribution in [0.25, 0.3) is 22.0 Å². The maximum Gasteiger partial charge on any atom is 0.261 e. The molecule has 32 heavy (non-hydrogen) atoms. The zero-order chi connectivity index (χ0) is 22.2. The lowest BCUT2D eigenvalue weighted by molar-refractivity contribution is -0.134. The smallest absolute Gasteiger partial charge is 0.261 e. The van der Waals surface area contributed by atoms with Crippen molar-refractivity contribution in [3.05, 3.63) is 100 Å². The number of halogens is 1. The summed E-state index contributed by atoms with van der Waals surface area (Å²) in [6.07, 6.45) is 1.78. The summed E-state index contributed by atoms with van der Waals surface area (Å²) in [7, 11) is 1.51. The molecule has 1 aliphatic rings. The fraction of sp³-hybridized carbons (Fsp3) is 0.0769. The van der Waals surface area contributed by atoms with E-state index in [0.717, 1.165) is 20.9 Å². The highest BCUT2D eigenvalue weighted by atomic mass is 79.9. The molecule has 0 bridgehead atoms. The summed E-state index contributed by atoms with van der Waals surface area (Å²) in [5, 5.41) is 0.826. The molecular formula is C26H19BrN2O3. The molecule has 0 radical (unpaired) electrons. The average molecular weight is 487 g/mol. The van der Waals surface area contributed by atoms with Gasteiger partial charge in [0.1, 0.15) is 12.4 Å². The van der Waals surface area contributed by atoms with Crippen LogP contribution in [0.1, 0.15) is 16.7 Å². The molecule has 0 fully saturated rings. The first-order valence-electron chi connectivity index (χ1n) is 10.1. The van der Waals surface area contributed by atoms with E-state index in [0.29, 0.717) is 34.6 Å². The van der Waals surface area contributed by atoms with E-state index in [-0.39, 0.29) is 11.8 Å². The van der Waals surface area contributed by atoms with E-state index in [1.165, 1.54) is 11.9 Å². The van der Waals surface area contributed by atoms with Crippen LogP contribution in [0.2, 0.25) is 0 Å². The summed E-state index contributed by atoms with van der Waals surface area (Å²) in [4.78, 5) is 30.5. The third-order valence-corrected chi connectivity index (χ3v) is 6.29. The second kappa shape index (κ2) is 8.13. The van der Waals surface area contributed by atoms with Crippen LogP contribution in [-0.2, 0) is 16.2 Å². The average Bonchev–Trinajstić information content (AvgIpc) is 3.32. The molecule has 2 heterocycles. The number of likely N-dealkylation sites (N-methyl/N-ethyl adjacent to an activating group) is 1. The van der Waals surface area contributed by atoms with Crippen LogP contribution >= 0.6 is 15.9 Å². The van der Waals surface area contributed by atoms with Gasteiger partial charge in [0, 0.05) is 39.7 Å². The number of ether oxygens (including phenoxy) is 1. The van der Waals surface area contributed by atoms with E-state index in [9.17, 15) is 9.59 Å². The second-order valence-corrected chi connectivity index (χ2v) is 8.44. The van der Waals surface area contributed by atoms with Crippen LogP contribution in [0, 0.1) is 0 Å². The van der Waals surface area contributed by atoms with Gasteiger partial charge in [-0.2, -0.15) is 0 Å². The zero-order valence-corrected chi connectivity index (χ0v) is 18.8. The Balaban J connectivity index is 1.61. The summed E-state index contributed by atoms with van der Waals surface area (Å²) in [5.41, 5.74) is 4.08. The molecule has 1 aliphatic heterocycles. The molecule has 5 rings (SSSR count). The van der Waals surface area contributed by atoms with E-state index in [2.05, 4.69) is 20.9 Å². The number of nitrogens with one attached hydrogen (secondary N) is 1. The number of carbonyl (C=O) groups excluding carboxylic acids is 2. The molecule has 6 heteroatoms. The summed E-state index contributed by atoms with van der Waals surface area (Å²) >= 11 is 3.52. The number of H-pyrrole nitrogens is 1. The van der Waals surface area contributed by atoms with Gasteiger partial charge in [-0.1, -0.05) is 64.5 Å². The fourth-order valence-electron chi connectivity index (χ4n) is 3.94. The summed E-state index contributed by atoms with van der Waals surface area (Å²) in [5.74, 6) is 0.0513. The molecule has 0 saturated carbocycles. The van der Waals surface area contributed by atoms with Gasteiger partial charge in [0.25, 0.3) is 11.8 Å². The Kier molecular flexibility index (Phi) is 5.15. The minimum Gasteiger partial charge on any atom is -0.489 e. The number of benzene rings is 3. The number of hydrogen-bond acceptors (Lipinski definition) is 3. The Labute approximate surface area is 193 Å². The van der Waals surface area contributed by atoms with Crippen molar-refractivity contribution in [1.29, 1.82) is 0 Å². The van der Waals surface area contributed by atoms with E-state index in [1.54, 1.807) is 6.20 Å². The van der Waals surface area contributed by atoms with Crippen LogP contribution in [0.5, 0.6) is 5.75 Å². The van der Waals surface area contributed by atoms with Crippen molar-refractivity contribution in [1.82, 2.24) is 9.88 Å². The molecule has 5 nitrogen and oxygen atoms in total. The monoisotopic (exact) mass is 486 g/mol. The van der Waals surface area contributed by atoms with Gasteiger partial charge in [0.15, 0.2) is 0 Å². The lowest BCUT2D eigenvalue weighted by Gasteiger charge is -2.08. The summed E-state index contributed by atoms with van der Waals surface area (Å²) in [6, 6.07) is 23.1. The van der Waals surface area contributed by atoms with Gasteiger partial charge in [0.05, 0.1) is 11.1 Å². The number of hydrogen-bond donors (Lipinski definition) is 1. The Morgan fingerprint density at radius 3 is 2.31 bits per heavy atom. The van der Waals surface area contributed by atoms with Crippen LogP contribution < -0.4 is 4.74 Å². The van der Waals surface area contributed by atoms with Crippen LogP contribution in [0.15, 0.2) is 83.5 Å². The first-order valence-corrected chi connectivity index (χ1v) is 10.9. The third kappa shape index (κ3) is 3.42. The van der Waals surface area contributed by atoms with Gasteiger partial charge in [-0.3, -0.25) is 14.5 Å². The molecule has 0 atom stereocenters. The van der Waals surface area contributed by atoms with Gasteiger partial charge in [-0.05, 0) is 29.8 Å². The lowest BCUT2D eigenvalue weighted by Crippen LogP contribution is -2.26. The molecule has 4 aromatic rings. The number of amides is 2. The van der Waals surface area contributed by atoms with Gasteiger partial charge in [-0.15, -0.1) is 0 Å². The highest BCUT2D eigenvalue weighted by Crippen LogP contribution is 2.40. The summed E-state index contributed by atoms with van der Waals surface area (Å²) in [6.45, 7) is 0.442. The van der Waals surface area contributed by atoms with Crippen molar-refractivity contribution in [2.75, 3.05) is 7.05 Å². The number of carbonyl (C=O) groups is 2. The third-order valence-electron chi connectivity index (χ3n) is 5.60. The standard InChI is InChI=1S/C26H19BrN2O3/c1-29-25(30)23(18-9-5-6-10-21(18)27)24(26(29)31)20-14-28-22-12-11-17(13-19(20)22)32-15-16-7-3-2-4-8-16/h2-14,28H,15H2,1H3. The molecule has 1 aromatic heterocycles. The predicted octanol–water partition coefficient (Wildman–Crippen LogP) is 5.42. The van der Waals surface area contributed by atoms with Crippen molar-refractivity contribution >= 4 is 49.8 Å². The minimum atomic E-state index is -0.322. The molecule has 3 aromatic carbocycles. The number of fused-ring (bicyclic) bond motifs is 1. The van der Waals surface area contributed by atoms with Crippen molar-refractivity contribution in [3.8, 4) is 5.75 Å². The normalized spacial score (nSPS) is 14.0. The largest absolute Gasteiger partial charge is 0.489 e. The molecule has 0 unspecified atom stereocenters. The van der Waals surface area contributed by atoms with E-state index in [4.69, 9.17) is 4.74 Å². The highest BCUT2D eigenvalue weighted by Gasteiger charge is 2.38. The number of rotatable bonds is 5. The number of nitrogens with zero attached hydrogens (tertiary/aromatic N) is 1. The predicted molar refractivity (Wildman–Crippen MR) is 128 cm³/mol. The van der Waals surface area contributed by atoms with Gasteiger partial charge >= 0.3 is 0 Å². The Morgan fingerprint density at radius 2 is 1.56 bits per heavy atom. The Hall–Kier alpha value is -3.64.